The Balaban J connectivity index is 3.51. The fourth-order valence-electron chi connectivity index (χ4n) is 1.23. The van der Waals surface area contributed by atoms with Gasteiger partial charge in [-0.25, -0.2) is 0 Å². The number of nitrogens with two attached hydrogens (primary N) is 1. The fraction of sp³-hybridized carbons (Fsp3) is 1.00. The van der Waals surface area contributed by atoms with Crippen molar-refractivity contribution in [1.29, 1.82) is 0 Å². The largest absolute Gasteiger partial charge is 0.417 e. The highest BCUT2D eigenvalue weighted by Gasteiger charge is 2.36. The van der Waals surface area contributed by atoms with E-state index in [1.54, 1.807) is 0 Å². The minimum Gasteiger partial charge on any atom is -0.417 e. The van der Waals surface area contributed by atoms with Gasteiger partial charge in [0.2, 0.25) is 0 Å². The van der Waals surface area contributed by atoms with Crippen LogP contribution in [0.1, 0.15) is 46.5 Å². The van der Waals surface area contributed by atoms with E-state index in [2.05, 4.69) is 39.3 Å². The molecule has 0 aliphatic heterocycles. The van der Waals surface area contributed by atoms with Crippen LogP contribution in [0.25, 0.3) is 0 Å². The molecule has 0 saturated carbocycles. The van der Waals surface area contributed by atoms with E-state index in [4.69, 9.17) is 10.3 Å². The molecule has 0 aromatic rings. The second kappa shape index (κ2) is 7.43. The van der Waals surface area contributed by atoms with Crippen molar-refractivity contribution < 1.29 is 4.43 Å². The van der Waals surface area contributed by atoms with Crippen molar-refractivity contribution in [2.75, 3.05) is 13.2 Å². The van der Waals surface area contributed by atoms with Crippen LogP contribution in [0.2, 0.25) is 18.1 Å². The molecule has 0 atom stereocenters. The van der Waals surface area contributed by atoms with Gasteiger partial charge in [-0.3, -0.25) is 11.3 Å². The molecule has 0 saturated heterocycles. The summed E-state index contributed by atoms with van der Waals surface area (Å²) in [5.41, 5.74) is 2.68. The van der Waals surface area contributed by atoms with Crippen molar-refractivity contribution in [2.24, 2.45) is 5.84 Å². The second-order valence-corrected chi connectivity index (χ2v) is 10.8. The minimum atomic E-state index is -1.51. The van der Waals surface area contributed by atoms with E-state index in [1.165, 1.54) is 19.3 Å². The highest BCUT2D eigenvalue weighted by atomic mass is 28.4. The van der Waals surface area contributed by atoms with Gasteiger partial charge in [0.1, 0.15) is 0 Å². The number of hydrogen-bond donors (Lipinski definition) is 2. The standard InChI is InChI=1S/C12H30N2OSi/c1-12(2,3)16(4,5)15-11-9-7-6-8-10-14-13/h14H,6-11,13H2,1-5H3. The third-order valence-corrected chi connectivity index (χ3v) is 8.02. The third-order valence-electron chi connectivity index (χ3n) is 3.48. The van der Waals surface area contributed by atoms with E-state index in [0.717, 1.165) is 19.6 Å². The number of hydrogen-bond acceptors (Lipinski definition) is 3. The van der Waals surface area contributed by atoms with Crippen molar-refractivity contribution in [1.82, 2.24) is 5.43 Å². The predicted molar refractivity (Wildman–Crippen MR) is 73.8 cm³/mol. The Hall–Kier alpha value is 0.0969. The lowest BCUT2D eigenvalue weighted by atomic mass is 10.2. The molecule has 0 rings (SSSR count). The molecule has 0 fully saturated rings. The van der Waals surface area contributed by atoms with E-state index in [0.29, 0.717) is 5.04 Å². The first-order valence-electron chi connectivity index (χ1n) is 6.39. The summed E-state index contributed by atoms with van der Waals surface area (Å²) >= 11 is 0. The molecule has 0 aliphatic carbocycles. The van der Waals surface area contributed by atoms with Crippen LogP contribution in [0.4, 0.5) is 0 Å². The van der Waals surface area contributed by atoms with Crippen molar-refractivity contribution in [3.05, 3.63) is 0 Å². The predicted octanol–water partition coefficient (Wildman–Crippen LogP) is 3.03. The summed E-state index contributed by atoms with van der Waals surface area (Å²) in [6.07, 6.45) is 4.83. The average Bonchev–Trinajstić information content (AvgIpc) is 2.14. The van der Waals surface area contributed by atoms with Gasteiger partial charge in [0, 0.05) is 13.2 Å². The maximum atomic E-state index is 6.10. The number of unbranched alkanes of at least 4 members (excludes halogenated alkanes) is 3. The van der Waals surface area contributed by atoms with E-state index >= 15 is 0 Å². The number of hydrazine groups is 1. The molecular weight excluding hydrogens is 216 g/mol. The Labute approximate surface area is 102 Å². The van der Waals surface area contributed by atoms with Gasteiger partial charge < -0.3 is 4.43 Å². The zero-order valence-corrected chi connectivity index (χ0v) is 12.7. The van der Waals surface area contributed by atoms with Crippen LogP contribution in [0.5, 0.6) is 0 Å². The second-order valence-electron chi connectivity index (χ2n) is 5.98. The smallest absolute Gasteiger partial charge is 0.191 e. The normalized spacial score (nSPS) is 13.1. The Bertz CT molecular complexity index is 178. The van der Waals surface area contributed by atoms with Crippen LogP contribution in [-0.4, -0.2) is 21.5 Å². The maximum absolute atomic E-state index is 6.10. The molecule has 3 nitrogen and oxygen atoms in total. The lowest BCUT2D eigenvalue weighted by Crippen LogP contribution is -2.40. The first-order valence-corrected chi connectivity index (χ1v) is 9.29. The third kappa shape index (κ3) is 6.63. The summed E-state index contributed by atoms with van der Waals surface area (Å²) < 4.78 is 6.10. The first-order chi connectivity index (χ1) is 7.31. The van der Waals surface area contributed by atoms with Gasteiger partial charge in [-0.15, -0.1) is 0 Å². The van der Waals surface area contributed by atoms with Gasteiger partial charge in [-0.1, -0.05) is 33.6 Å². The SMILES string of the molecule is CC(C)(C)[Si](C)(C)OCCCCCCNN. The summed E-state index contributed by atoms with van der Waals surface area (Å²) in [6.45, 7) is 13.3. The Morgan fingerprint density at radius 2 is 1.62 bits per heavy atom. The van der Waals surface area contributed by atoms with Crippen LogP contribution in [-0.2, 0) is 4.43 Å². The lowest BCUT2D eigenvalue weighted by molar-refractivity contribution is 0.277. The quantitative estimate of drug-likeness (QED) is 0.299. The van der Waals surface area contributed by atoms with E-state index in [1.807, 2.05) is 0 Å². The molecule has 0 aromatic heterocycles. The molecule has 0 radical (unpaired) electrons. The monoisotopic (exact) mass is 246 g/mol. The summed E-state index contributed by atoms with van der Waals surface area (Å²) in [4.78, 5) is 0. The van der Waals surface area contributed by atoms with E-state index < -0.39 is 8.32 Å². The molecule has 0 amide bonds. The molecule has 0 bridgehead atoms. The molecule has 0 unspecified atom stereocenters. The van der Waals surface area contributed by atoms with Crippen molar-refractivity contribution in [3.63, 3.8) is 0 Å². The Morgan fingerprint density at radius 3 is 2.12 bits per heavy atom. The maximum Gasteiger partial charge on any atom is 0.191 e. The van der Waals surface area contributed by atoms with Gasteiger partial charge in [-0.2, -0.15) is 0 Å². The van der Waals surface area contributed by atoms with Gasteiger partial charge in [0.25, 0.3) is 0 Å². The average molecular weight is 246 g/mol. The van der Waals surface area contributed by atoms with Crippen LogP contribution in [0.15, 0.2) is 0 Å². The van der Waals surface area contributed by atoms with E-state index in [9.17, 15) is 0 Å². The first kappa shape index (κ1) is 16.1. The molecule has 0 aliphatic rings. The number of nitrogens with one attached hydrogen (secondary N) is 1. The summed E-state index contributed by atoms with van der Waals surface area (Å²) in [6, 6.07) is 0. The highest BCUT2D eigenvalue weighted by Crippen LogP contribution is 2.36. The topological polar surface area (TPSA) is 47.3 Å². The van der Waals surface area contributed by atoms with Crippen LogP contribution in [0.3, 0.4) is 0 Å². The van der Waals surface area contributed by atoms with Crippen LogP contribution < -0.4 is 11.3 Å². The van der Waals surface area contributed by atoms with Gasteiger partial charge in [0.05, 0.1) is 0 Å². The van der Waals surface area contributed by atoms with Gasteiger partial charge in [-0.05, 0) is 31.0 Å². The molecule has 0 aromatic carbocycles. The molecule has 98 valence electrons. The molecule has 0 spiro atoms. The van der Waals surface area contributed by atoms with Gasteiger partial charge >= 0.3 is 0 Å². The Morgan fingerprint density at radius 1 is 1.06 bits per heavy atom. The fourth-order valence-corrected chi connectivity index (χ4v) is 2.31. The molecule has 3 N–H and O–H groups in total. The molecule has 4 heteroatoms. The van der Waals surface area contributed by atoms with Gasteiger partial charge in [0.15, 0.2) is 8.32 Å². The summed E-state index contributed by atoms with van der Waals surface area (Å²) in [7, 11) is -1.51. The number of rotatable bonds is 8. The van der Waals surface area contributed by atoms with E-state index in [-0.39, 0.29) is 0 Å². The molecular formula is C12H30N2OSi. The summed E-state index contributed by atoms with van der Waals surface area (Å²) in [5, 5.41) is 0.330. The zero-order valence-electron chi connectivity index (χ0n) is 11.7. The van der Waals surface area contributed by atoms with Crippen LogP contribution >= 0.6 is 0 Å². The highest BCUT2D eigenvalue weighted by molar-refractivity contribution is 6.74. The van der Waals surface area contributed by atoms with Crippen molar-refractivity contribution >= 4 is 8.32 Å². The minimum absolute atomic E-state index is 0.330. The Kier molecular flexibility index (Phi) is 7.47. The molecule has 0 heterocycles. The van der Waals surface area contributed by atoms with Crippen molar-refractivity contribution in [2.45, 2.75) is 64.6 Å². The lowest BCUT2D eigenvalue weighted by Gasteiger charge is -2.36. The summed E-state index contributed by atoms with van der Waals surface area (Å²) in [5.74, 6) is 5.21. The zero-order chi connectivity index (χ0) is 12.7. The van der Waals surface area contributed by atoms with Crippen LogP contribution in [0, 0.1) is 0 Å². The van der Waals surface area contributed by atoms with Crippen molar-refractivity contribution in [3.8, 4) is 0 Å². The molecule has 16 heavy (non-hydrogen) atoms.